The monoisotopic (exact) mass is 331 g/mol. The number of aromatic nitrogens is 1. The summed E-state index contributed by atoms with van der Waals surface area (Å²) in [5.41, 5.74) is 1.06. The Hall–Kier alpha value is -1.92. The summed E-state index contributed by atoms with van der Waals surface area (Å²) >= 11 is 1.60. The number of hydrogen-bond acceptors (Lipinski definition) is 5. The number of nitrogens with one attached hydrogen (secondary N) is 1. The predicted molar refractivity (Wildman–Crippen MR) is 90.8 cm³/mol. The van der Waals surface area contributed by atoms with Crippen molar-refractivity contribution in [2.24, 2.45) is 0 Å². The molecule has 3 rings (SSSR count). The van der Waals surface area contributed by atoms with Crippen LogP contribution in [0.5, 0.6) is 5.75 Å². The van der Waals surface area contributed by atoms with Gasteiger partial charge in [-0.3, -0.25) is 4.79 Å². The number of rotatable bonds is 5. The Labute approximate surface area is 140 Å². The third-order valence-electron chi connectivity index (χ3n) is 4.10. The fourth-order valence-electron chi connectivity index (χ4n) is 2.96. The molecule has 1 atom stereocenters. The standard InChI is InChI=1S/C17H21N3O2S/c1-22-15-5-3-2-4-13(15)14-12-18-8-10-20(14)17(21)7-6-16-19-9-11-23-16/h2-5,9,11,14,18H,6-8,10,12H2,1H3. The lowest BCUT2D eigenvalue weighted by molar-refractivity contribution is -0.134. The minimum absolute atomic E-state index is 0.0173. The van der Waals surface area contributed by atoms with Gasteiger partial charge in [0.15, 0.2) is 0 Å². The Morgan fingerprint density at radius 2 is 2.35 bits per heavy atom. The van der Waals surface area contributed by atoms with E-state index in [1.54, 1.807) is 24.6 Å². The second-order valence-electron chi connectivity index (χ2n) is 5.47. The van der Waals surface area contributed by atoms with Crippen LogP contribution in [0.25, 0.3) is 0 Å². The molecule has 0 spiro atoms. The second-order valence-corrected chi connectivity index (χ2v) is 6.45. The zero-order chi connectivity index (χ0) is 16.1. The first-order chi connectivity index (χ1) is 11.3. The molecular formula is C17H21N3O2S. The molecule has 1 fully saturated rings. The minimum Gasteiger partial charge on any atom is -0.496 e. The number of thiazole rings is 1. The van der Waals surface area contributed by atoms with Crippen LogP contribution in [0, 0.1) is 0 Å². The van der Waals surface area contributed by atoms with Crippen molar-refractivity contribution in [3.63, 3.8) is 0 Å². The summed E-state index contributed by atoms with van der Waals surface area (Å²) in [5, 5.41) is 6.34. The molecule has 1 aliphatic rings. The van der Waals surface area contributed by atoms with Gasteiger partial charge in [0.05, 0.1) is 18.2 Å². The Bertz CT molecular complexity index is 645. The lowest BCUT2D eigenvalue weighted by Gasteiger charge is -2.37. The van der Waals surface area contributed by atoms with Gasteiger partial charge in [-0.25, -0.2) is 4.98 Å². The molecule has 1 unspecified atom stereocenters. The highest BCUT2D eigenvalue weighted by Crippen LogP contribution is 2.30. The van der Waals surface area contributed by atoms with Gasteiger partial charge in [-0.15, -0.1) is 11.3 Å². The average Bonchev–Trinajstić information content (AvgIpc) is 3.13. The lowest BCUT2D eigenvalue weighted by atomic mass is 10.0. The maximum absolute atomic E-state index is 12.7. The van der Waals surface area contributed by atoms with Gasteiger partial charge in [0.2, 0.25) is 5.91 Å². The highest BCUT2D eigenvalue weighted by atomic mass is 32.1. The van der Waals surface area contributed by atoms with E-state index < -0.39 is 0 Å². The quantitative estimate of drug-likeness (QED) is 0.913. The van der Waals surface area contributed by atoms with Crippen molar-refractivity contribution in [1.82, 2.24) is 15.2 Å². The second kappa shape index (κ2) is 7.57. The fourth-order valence-corrected chi connectivity index (χ4v) is 3.58. The maximum atomic E-state index is 12.7. The van der Waals surface area contributed by atoms with E-state index in [0.29, 0.717) is 12.8 Å². The Balaban J connectivity index is 1.74. The first-order valence-electron chi connectivity index (χ1n) is 7.81. The van der Waals surface area contributed by atoms with E-state index in [2.05, 4.69) is 10.3 Å². The van der Waals surface area contributed by atoms with E-state index in [4.69, 9.17) is 4.74 Å². The van der Waals surface area contributed by atoms with Gasteiger partial charge in [-0.2, -0.15) is 0 Å². The molecule has 1 amide bonds. The molecule has 122 valence electrons. The summed E-state index contributed by atoms with van der Waals surface area (Å²) in [7, 11) is 1.67. The minimum atomic E-state index is 0.0173. The van der Waals surface area contributed by atoms with Crippen molar-refractivity contribution >= 4 is 17.2 Å². The van der Waals surface area contributed by atoms with Gasteiger partial charge in [-0.05, 0) is 6.07 Å². The van der Waals surface area contributed by atoms with Crippen LogP contribution < -0.4 is 10.1 Å². The molecule has 6 heteroatoms. The van der Waals surface area contributed by atoms with Gasteiger partial charge in [0, 0.05) is 49.6 Å². The summed E-state index contributed by atoms with van der Waals surface area (Å²) < 4.78 is 5.47. The maximum Gasteiger partial charge on any atom is 0.223 e. The average molecular weight is 331 g/mol. The molecule has 0 radical (unpaired) electrons. The van der Waals surface area contributed by atoms with Crippen LogP contribution in [0.3, 0.4) is 0 Å². The topological polar surface area (TPSA) is 54.5 Å². The van der Waals surface area contributed by atoms with Crippen LogP contribution in [0.4, 0.5) is 0 Å². The number of amides is 1. The highest BCUT2D eigenvalue weighted by molar-refractivity contribution is 7.09. The van der Waals surface area contributed by atoms with Crippen LogP contribution in [0.1, 0.15) is 23.0 Å². The summed E-state index contributed by atoms with van der Waals surface area (Å²) in [4.78, 5) is 18.9. The SMILES string of the molecule is COc1ccccc1C1CNCCN1C(=O)CCc1nccs1. The molecule has 0 bridgehead atoms. The smallest absolute Gasteiger partial charge is 0.223 e. The van der Waals surface area contributed by atoms with Crippen LogP contribution in [0.15, 0.2) is 35.8 Å². The predicted octanol–water partition coefficient (Wildman–Crippen LogP) is 2.26. The number of aryl methyl sites for hydroxylation is 1. The van der Waals surface area contributed by atoms with Gasteiger partial charge in [-0.1, -0.05) is 18.2 Å². The number of methoxy groups -OCH3 is 1. The molecule has 2 aromatic rings. The van der Waals surface area contributed by atoms with E-state index >= 15 is 0 Å². The van der Waals surface area contributed by atoms with Crippen molar-refractivity contribution in [1.29, 1.82) is 0 Å². The molecule has 1 saturated heterocycles. The largest absolute Gasteiger partial charge is 0.496 e. The molecule has 5 nitrogen and oxygen atoms in total. The summed E-state index contributed by atoms with van der Waals surface area (Å²) in [6.45, 7) is 2.30. The number of hydrogen-bond donors (Lipinski definition) is 1. The van der Waals surface area contributed by atoms with Gasteiger partial charge < -0.3 is 15.0 Å². The van der Waals surface area contributed by atoms with Crippen molar-refractivity contribution in [3.05, 3.63) is 46.4 Å². The Morgan fingerprint density at radius 3 is 3.13 bits per heavy atom. The third kappa shape index (κ3) is 3.71. The van der Waals surface area contributed by atoms with E-state index in [9.17, 15) is 4.79 Å². The molecule has 1 N–H and O–H groups in total. The molecular weight excluding hydrogens is 310 g/mol. The Morgan fingerprint density at radius 1 is 1.48 bits per heavy atom. The number of carbonyl (C=O) groups excluding carboxylic acids is 1. The summed E-state index contributed by atoms with van der Waals surface area (Å²) in [6, 6.07) is 7.95. The van der Waals surface area contributed by atoms with E-state index in [0.717, 1.165) is 36.0 Å². The zero-order valence-corrected chi connectivity index (χ0v) is 14.0. The van der Waals surface area contributed by atoms with E-state index in [-0.39, 0.29) is 11.9 Å². The molecule has 1 aliphatic heterocycles. The lowest BCUT2D eigenvalue weighted by Crippen LogP contribution is -2.48. The molecule has 23 heavy (non-hydrogen) atoms. The van der Waals surface area contributed by atoms with Crippen molar-refractivity contribution < 1.29 is 9.53 Å². The zero-order valence-electron chi connectivity index (χ0n) is 13.2. The first-order valence-corrected chi connectivity index (χ1v) is 8.69. The van der Waals surface area contributed by atoms with Gasteiger partial charge in [0.1, 0.15) is 5.75 Å². The molecule has 2 heterocycles. The van der Waals surface area contributed by atoms with Gasteiger partial charge >= 0.3 is 0 Å². The van der Waals surface area contributed by atoms with E-state index in [1.807, 2.05) is 34.5 Å². The summed E-state index contributed by atoms with van der Waals surface area (Å²) in [6.07, 6.45) is 2.99. The van der Waals surface area contributed by atoms with Crippen LogP contribution >= 0.6 is 11.3 Å². The van der Waals surface area contributed by atoms with E-state index in [1.165, 1.54) is 0 Å². The number of carbonyl (C=O) groups is 1. The first kappa shape index (κ1) is 16.0. The molecule has 0 aliphatic carbocycles. The van der Waals surface area contributed by atoms with Crippen LogP contribution in [-0.2, 0) is 11.2 Å². The number of piperazine rings is 1. The number of ether oxygens (including phenoxy) is 1. The normalized spacial score (nSPS) is 18.0. The summed E-state index contributed by atoms with van der Waals surface area (Å²) in [5.74, 6) is 1.01. The molecule has 0 saturated carbocycles. The Kier molecular flexibility index (Phi) is 5.25. The molecule has 1 aromatic carbocycles. The number of benzene rings is 1. The van der Waals surface area contributed by atoms with Gasteiger partial charge in [0.25, 0.3) is 0 Å². The van der Waals surface area contributed by atoms with Crippen molar-refractivity contribution in [3.8, 4) is 5.75 Å². The van der Waals surface area contributed by atoms with Crippen molar-refractivity contribution in [2.45, 2.75) is 18.9 Å². The molecule has 1 aromatic heterocycles. The number of nitrogens with zero attached hydrogens (tertiary/aromatic N) is 2. The number of para-hydroxylation sites is 1. The highest BCUT2D eigenvalue weighted by Gasteiger charge is 2.29. The fraction of sp³-hybridized carbons (Fsp3) is 0.412. The van der Waals surface area contributed by atoms with Crippen LogP contribution in [-0.4, -0.2) is 42.5 Å². The van der Waals surface area contributed by atoms with Crippen molar-refractivity contribution in [2.75, 3.05) is 26.7 Å². The van der Waals surface area contributed by atoms with Crippen LogP contribution in [0.2, 0.25) is 0 Å². The third-order valence-corrected chi connectivity index (χ3v) is 4.94.